The van der Waals surface area contributed by atoms with E-state index < -0.39 is 11.3 Å². The maximum absolute atomic E-state index is 13.3. The molecule has 4 aliphatic carbocycles. The van der Waals surface area contributed by atoms with Crippen molar-refractivity contribution in [1.29, 1.82) is 0 Å². The summed E-state index contributed by atoms with van der Waals surface area (Å²) in [6, 6.07) is 0. The lowest BCUT2D eigenvalue weighted by molar-refractivity contribution is -0.256. The number of carbonyl (C=O) groups is 1. The van der Waals surface area contributed by atoms with Crippen LogP contribution in [0.1, 0.15) is 209 Å². The van der Waals surface area contributed by atoms with E-state index in [4.69, 9.17) is 9.47 Å². The molecule has 0 aromatic carbocycles. The van der Waals surface area contributed by atoms with Crippen LogP contribution in [0.2, 0.25) is 0 Å². The van der Waals surface area contributed by atoms with Gasteiger partial charge in [-0.2, -0.15) is 5.06 Å². The third kappa shape index (κ3) is 9.54. The van der Waals surface area contributed by atoms with E-state index in [0.29, 0.717) is 31.3 Å². The zero-order valence-corrected chi connectivity index (χ0v) is 35.4. The van der Waals surface area contributed by atoms with Gasteiger partial charge < -0.3 is 14.7 Å². The molecule has 5 nitrogen and oxygen atoms in total. The van der Waals surface area contributed by atoms with E-state index >= 15 is 0 Å². The highest BCUT2D eigenvalue weighted by atomic mass is 16.6. The number of nitrogens with zero attached hydrogens (tertiary/aromatic N) is 1. The Morgan fingerprint density at radius 2 is 1.56 bits per heavy atom. The van der Waals surface area contributed by atoms with Gasteiger partial charge in [0.25, 0.3) is 0 Å². The van der Waals surface area contributed by atoms with E-state index in [2.05, 4.69) is 47.6 Å². The van der Waals surface area contributed by atoms with Crippen molar-refractivity contribution in [2.45, 2.75) is 227 Å². The molecule has 300 valence electrons. The fourth-order valence-electron chi connectivity index (χ4n) is 12.7. The van der Waals surface area contributed by atoms with E-state index in [9.17, 15) is 10.0 Å². The zero-order chi connectivity index (χ0) is 37.6. The molecule has 5 rings (SSSR count). The van der Waals surface area contributed by atoms with Gasteiger partial charge in [0.15, 0.2) is 0 Å². The van der Waals surface area contributed by atoms with E-state index in [1.54, 1.807) is 5.57 Å². The first kappa shape index (κ1) is 42.2. The summed E-state index contributed by atoms with van der Waals surface area (Å²) < 4.78 is 12.6. The molecule has 1 aliphatic heterocycles. The van der Waals surface area contributed by atoms with E-state index in [0.717, 1.165) is 67.6 Å². The second kappa shape index (κ2) is 18.4. The van der Waals surface area contributed by atoms with Crippen LogP contribution in [0.3, 0.4) is 0 Å². The van der Waals surface area contributed by atoms with Crippen molar-refractivity contribution in [3.05, 3.63) is 11.6 Å². The summed E-state index contributed by atoms with van der Waals surface area (Å²) in [4.78, 5) is 13.3. The minimum Gasteiger partial charge on any atom is -0.462 e. The highest BCUT2D eigenvalue weighted by molar-refractivity contribution is 5.69. The Hall–Kier alpha value is -0.910. The highest BCUT2D eigenvalue weighted by Gasteiger charge is 2.59. The van der Waals surface area contributed by atoms with Crippen LogP contribution in [0, 0.1) is 46.3 Å². The highest BCUT2D eigenvalue weighted by Crippen LogP contribution is 2.67. The predicted molar refractivity (Wildman–Crippen MR) is 215 cm³/mol. The number of ether oxygens (including phenoxy) is 2. The lowest BCUT2D eigenvalue weighted by atomic mass is 9.47. The quantitative estimate of drug-likeness (QED) is 0.0769. The minimum atomic E-state index is -0.692. The Morgan fingerprint density at radius 3 is 2.23 bits per heavy atom. The number of hydroxylamine groups is 2. The second-order valence-electron chi connectivity index (χ2n) is 20.4. The van der Waals surface area contributed by atoms with Gasteiger partial charge in [-0.05, 0) is 131 Å². The van der Waals surface area contributed by atoms with Crippen molar-refractivity contribution in [3.8, 4) is 0 Å². The number of fused-ring (bicyclic) bond motifs is 5. The molecule has 52 heavy (non-hydrogen) atoms. The Morgan fingerprint density at radius 1 is 0.865 bits per heavy atom. The molecule has 0 aromatic rings. The molecule has 0 bridgehead atoms. The van der Waals surface area contributed by atoms with Crippen molar-refractivity contribution in [3.63, 3.8) is 0 Å². The van der Waals surface area contributed by atoms with Gasteiger partial charge in [0.05, 0.1) is 12.1 Å². The molecule has 1 N–H and O–H groups in total. The molecule has 3 saturated carbocycles. The van der Waals surface area contributed by atoms with Crippen LogP contribution in [0.5, 0.6) is 0 Å². The van der Waals surface area contributed by atoms with E-state index in [-0.39, 0.29) is 17.5 Å². The molecule has 1 heterocycles. The maximum Gasteiger partial charge on any atom is 0.306 e. The first-order valence-electron chi connectivity index (χ1n) is 22.8. The summed E-state index contributed by atoms with van der Waals surface area (Å²) in [5, 5.41) is 12.7. The molecule has 0 radical (unpaired) electrons. The Bertz CT molecular complexity index is 1160. The van der Waals surface area contributed by atoms with Gasteiger partial charge in [0.2, 0.25) is 0 Å². The van der Waals surface area contributed by atoms with Gasteiger partial charge >= 0.3 is 5.97 Å². The third-order valence-corrected chi connectivity index (χ3v) is 15.8. The summed E-state index contributed by atoms with van der Waals surface area (Å²) in [6.07, 6.45) is 30.8. The van der Waals surface area contributed by atoms with Crippen molar-refractivity contribution in [2.75, 3.05) is 6.61 Å². The van der Waals surface area contributed by atoms with Crippen molar-refractivity contribution < 1.29 is 19.5 Å². The zero-order valence-electron chi connectivity index (χ0n) is 35.4. The average molecular weight is 726 g/mol. The van der Waals surface area contributed by atoms with Crippen LogP contribution >= 0.6 is 0 Å². The second-order valence-corrected chi connectivity index (χ2v) is 20.4. The van der Waals surface area contributed by atoms with Crippen LogP contribution in [0.4, 0.5) is 0 Å². The monoisotopic (exact) mass is 726 g/mol. The summed E-state index contributed by atoms with van der Waals surface area (Å²) in [5.74, 6) is 4.99. The summed E-state index contributed by atoms with van der Waals surface area (Å²) in [5.41, 5.74) is 1.28. The van der Waals surface area contributed by atoms with Crippen LogP contribution in [-0.2, 0) is 14.3 Å². The number of unbranched alkanes of at least 4 members (excludes halogenated alkanes) is 8. The van der Waals surface area contributed by atoms with Gasteiger partial charge in [0.1, 0.15) is 11.8 Å². The topological polar surface area (TPSA) is 59.0 Å². The van der Waals surface area contributed by atoms with Gasteiger partial charge in [0, 0.05) is 12.8 Å². The molecule has 1 saturated heterocycles. The smallest absolute Gasteiger partial charge is 0.306 e. The summed E-state index contributed by atoms with van der Waals surface area (Å²) in [7, 11) is 0. The third-order valence-electron chi connectivity index (χ3n) is 15.8. The standard InChI is InChI=1S/C47H83NO4/c1-9-10-11-12-13-14-15-16-17-29-47(48(50)44(5,6)34-51-47)30-19-22-43(49)52-38-27-31-45(7)37(33-38)23-24-39-41-26-25-40(36(4)21-18-20-35(2)3)46(41,8)32-28-42(39)45/h23,35-36,38-42,50H,9-22,24-34H2,1-8H3/t36-,38?,39+,40-,41+,42+,45+,46-,47?/m1/s1. The van der Waals surface area contributed by atoms with Crippen LogP contribution in [0.15, 0.2) is 11.6 Å². The fraction of sp³-hybridized carbons (Fsp3) is 0.936. The van der Waals surface area contributed by atoms with Gasteiger partial charge in [-0.1, -0.05) is 124 Å². The molecule has 2 unspecified atom stereocenters. The molecule has 0 aromatic heterocycles. The molecule has 9 atom stereocenters. The predicted octanol–water partition coefficient (Wildman–Crippen LogP) is 13.2. The van der Waals surface area contributed by atoms with Crippen LogP contribution < -0.4 is 0 Å². The number of hydrogen-bond donors (Lipinski definition) is 1. The maximum atomic E-state index is 13.3. The Labute approximate surface area is 321 Å². The fourth-order valence-corrected chi connectivity index (χ4v) is 12.7. The largest absolute Gasteiger partial charge is 0.462 e. The normalized spacial score (nSPS) is 36.3. The molecular formula is C47H83NO4. The molecule has 0 amide bonds. The number of hydrogen-bond acceptors (Lipinski definition) is 5. The summed E-state index contributed by atoms with van der Waals surface area (Å²) >= 11 is 0. The molecular weight excluding hydrogens is 643 g/mol. The SMILES string of the molecule is CCCCCCCCCCCC1(CCCC(=O)OC2CC[C@@]3(C)C(=CC[C@H]4[C@@H]5CC[C@H]([C@H](C)CCCC(C)C)[C@@]5(C)CC[C@@H]43)C2)OCC(C)(C)N1O. The van der Waals surface area contributed by atoms with Crippen molar-refractivity contribution in [2.24, 2.45) is 46.3 Å². The van der Waals surface area contributed by atoms with Crippen LogP contribution in [-0.4, -0.2) is 40.2 Å². The molecule has 4 fully saturated rings. The first-order chi connectivity index (χ1) is 24.8. The van der Waals surface area contributed by atoms with Gasteiger partial charge in [-0.3, -0.25) is 4.79 Å². The average Bonchev–Trinajstić information content (AvgIpc) is 3.57. The van der Waals surface area contributed by atoms with Crippen LogP contribution in [0.25, 0.3) is 0 Å². The number of allylic oxidation sites excluding steroid dienone is 1. The van der Waals surface area contributed by atoms with Crippen molar-refractivity contribution >= 4 is 5.97 Å². The van der Waals surface area contributed by atoms with Gasteiger partial charge in [-0.25, -0.2) is 0 Å². The molecule has 5 heteroatoms. The van der Waals surface area contributed by atoms with E-state index in [1.165, 1.54) is 108 Å². The number of rotatable bonds is 20. The Kier molecular flexibility index (Phi) is 14.9. The molecule has 0 spiro atoms. The Balaban J connectivity index is 1.08. The lowest BCUT2D eigenvalue weighted by Crippen LogP contribution is -2.51. The first-order valence-corrected chi connectivity index (χ1v) is 22.8. The van der Waals surface area contributed by atoms with E-state index in [1.807, 2.05) is 13.8 Å². The number of esters is 1. The lowest BCUT2D eigenvalue weighted by Gasteiger charge is -2.58. The van der Waals surface area contributed by atoms with Crippen molar-refractivity contribution in [1.82, 2.24) is 5.06 Å². The minimum absolute atomic E-state index is 0.00622. The number of carbonyl (C=O) groups excluding carboxylic acids is 1. The summed E-state index contributed by atoms with van der Waals surface area (Å²) in [6.45, 7) is 19.5. The molecule has 5 aliphatic rings. The van der Waals surface area contributed by atoms with Gasteiger partial charge in [-0.15, -0.1) is 0 Å².